The number of nitrogens with two attached hydrogens (primary N) is 1. The first kappa shape index (κ1) is 12.8. The Bertz CT molecular complexity index is 79.5. The molecule has 1 heterocycles. The molecule has 7 N–H and O–H groups in total. The van der Waals surface area contributed by atoms with Crippen LogP contribution in [0.15, 0.2) is 0 Å². The largest absolute Gasteiger partial charge is 0.465 e. The summed E-state index contributed by atoms with van der Waals surface area (Å²) >= 11 is 0. The van der Waals surface area contributed by atoms with Crippen molar-refractivity contribution in [1.29, 1.82) is 0 Å². The fraction of sp³-hybridized carbons (Fsp3) is 0.800. The number of primary amides is 1. The van der Waals surface area contributed by atoms with Crippen LogP contribution in [0.1, 0.15) is 0 Å². The molecule has 11 heavy (non-hydrogen) atoms. The number of amides is 1. The van der Waals surface area contributed by atoms with Crippen molar-refractivity contribution in [3.8, 4) is 0 Å². The molecular weight excluding hydrogens is 150 g/mol. The summed E-state index contributed by atoms with van der Waals surface area (Å²) in [5.74, 6) is 0. The Labute approximate surface area is 65.1 Å². The highest BCUT2D eigenvalue weighted by molar-refractivity contribution is 5.61. The summed E-state index contributed by atoms with van der Waals surface area (Å²) in [7, 11) is 0. The van der Waals surface area contributed by atoms with Crippen LogP contribution >= 0.6 is 0 Å². The molecule has 68 valence electrons. The molecule has 0 aromatic rings. The smallest absolute Gasteiger partial charge is 0.402 e. The fourth-order valence-electron chi connectivity index (χ4n) is 0.604. The van der Waals surface area contributed by atoms with E-state index in [0.717, 1.165) is 26.2 Å². The second-order valence-electron chi connectivity index (χ2n) is 1.84. The molecule has 1 aliphatic heterocycles. The molecule has 1 aliphatic rings. The fourth-order valence-corrected chi connectivity index (χ4v) is 0.604. The number of rotatable bonds is 0. The summed E-state index contributed by atoms with van der Waals surface area (Å²) in [6, 6.07) is 0. The van der Waals surface area contributed by atoms with Gasteiger partial charge in [-0.2, -0.15) is 0 Å². The van der Waals surface area contributed by atoms with Crippen LogP contribution in [0.25, 0.3) is 0 Å². The van der Waals surface area contributed by atoms with Gasteiger partial charge in [0.05, 0.1) is 0 Å². The molecule has 6 nitrogen and oxygen atoms in total. The quantitative estimate of drug-likeness (QED) is 0.331. The first-order valence-electron chi connectivity index (χ1n) is 3.13. The molecule has 1 saturated heterocycles. The molecule has 0 bridgehead atoms. The molecule has 0 radical (unpaired) electrons. The maximum Gasteiger partial charge on any atom is 0.402 e. The first-order chi connectivity index (χ1) is 4.73. The van der Waals surface area contributed by atoms with Gasteiger partial charge in [0.1, 0.15) is 0 Å². The lowest BCUT2D eigenvalue weighted by Gasteiger charge is -2.11. The van der Waals surface area contributed by atoms with Crippen molar-refractivity contribution in [2.24, 2.45) is 5.73 Å². The van der Waals surface area contributed by atoms with Crippen LogP contribution in [0.2, 0.25) is 0 Å². The Morgan fingerprint density at radius 1 is 1.18 bits per heavy atom. The average Bonchev–Trinajstić information content (AvgIpc) is 1.90. The highest BCUT2D eigenvalue weighted by Crippen LogP contribution is 1.65. The van der Waals surface area contributed by atoms with Crippen LogP contribution in [-0.2, 0) is 0 Å². The lowest BCUT2D eigenvalue weighted by atomic mass is 10.4. The Kier molecular flexibility index (Phi) is 10.6. The van der Waals surface area contributed by atoms with Crippen LogP contribution in [-0.4, -0.2) is 42.9 Å². The van der Waals surface area contributed by atoms with Gasteiger partial charge in [0.15, 0.2) is 0 Å². The minimum Gasteiger partial charge on any atom is -0.465 e. The molecule has 0 spiro atoms. The predicted molar refractivity (Wildman–Crippen MR) is 41.6 cm³/mol. The van der Waals surface area contributed by atoms with Gasteiger partial charge in [-0.05, 0) is 0 Å². The number of nitrogens with one attached hydrogen (secondary N) is 2. The lowest BCUT2D eigenvalue weighted by molar-refractivity contribution is 0.205. The molecule has 0 aromatic heterocycles. The van der Waals surface area contributed by atoms with E-state index in [4.69, 9.17) is 9.90 Å². The van der Waals surface area contributed by atoms with Crippen LogP contribution in [0.3, 0.4) is 0 Å². The molecule has 6 heteroatoms. The SMILES string of the molecule is C1CNCCN1.NC(=O)O.O. The third-order valence-corrected chi connectivity index (χ3v) is 0.957. The Morgan fingerprint density at radius 2 is 1.36 bits per heavy atom. The molecule has 1 amide bonds. The van der Waals surface area contributed by atoms with Gasteiger partial charge in [0.25, 0.3) is 0 Å². The van der Waals surface area contributed by atoms with Crippen molar-refractivity contribution >= 4 is 6.09 Å². The number of piperazine rings is 1. The van der Waals surface area contributed by atoms with E-state index in [1.807, 2.05) is 0 Å². The number of hydrogen-bond donors (Lipinski definition) is 4. The summed E-state index contributed by atoms with van der Waals surface area (Å²) in [4.78, 5) is 8.78. The van der Waals surface area contributed by atoms with Gasteiger partial charge in [-0.25, -0.2) is 4.79 Å². The van der Waals surface area contributed by atoms with Crippen molar-refractivity contribution in [1.82, 2.24) is 10.6 Å². The third kappa shape index (κ3) is 17.6. The third-order valence-electron chi connectivity index (χ3n) is 0.957. The van der Waals surface area contributed by atoms with Crippen molar-refractivity contribution in [2.75, 3.05) is 26.2 Å². The Hall–Kier alpha value is -0.850. The Balaban J connectivity index is 0. The maximum absolute atomic E-state index is 8.78. The minimum atomic E-state index is -1.33. The molecule has 0 unspecified atom stereocenters. The van der Waals surface area contributed by atoms with E-state index >= 15 is 0 Å². The maximum atomic E-state index is 8.78. The highest BCUT2D eigenvalue weighted by Gasteiger charge is 1.91. The van der Waals surface area contributed by atoms with E-state index in [1.165, 1.54) is 0 Å². The summed E-state index contributed by atoms with van der Waals surface area (Å²) in [6.45, 7) is 4.56. The predicted octanol–water partition coefficient (Wildman–Crippen LogP) is -2.02. The standard InChI is InChI=1S/C4H10N2.CH3NO2.H2O/c1-2-6-4-3-5-1;2-1(3)4;/h5-6H,1-4H2;2H2,(H,3,4);1H2. The highest BCUT2D eigenvalue weighted by atomic mass is 16.4. The zero-order chi connectivity index (χ0) is 7.82. The van der Waals surface area contributed by atoms with Crippen LogP contribution in [0.4, 0.5) is 4.79 Å². The van der Waals surface area contributed by atoms with Crippen molar-refractivity contribution < 1.29 is 15.4 Å². The number of carbonyl (C=O) groups is 1. The van der Waals surface area contributed by atoms with E-state index < -0.39 is 6.09 Å². The minimum absolute atomic E-state index is 0. The van der Waals surface area contributed by atoms with Crippen LogP contribution < -0.4 is 16.4 Å². The molecule has 0 aliphatic carbocycles. The van der Waals surface area contributed by atoms with Crippen LogP contribution in [0, 0.1) is 0 Å². The molecule has 0 atom stereocenters. The van der Waals surface area contributed by atoms with E-state index in [9.17, 15) is 0 Å². The van der Waals surface area contributed by atoms with Crippen LogP contribution in [0.5, 0.6) is 0 Å². The van der Waals surface area contributed by atoms with Gasteiger partial charge in [-0.3, -0.25) is 0 Å². The zero-order valence-corrected chi connectivity index (χ0v) is 6.26. The van der Waals surface area contributed by atoms with Gasteiger partial charge in [0.2, 0.25) is 0 Å². The molecule has 1 rings (SSSR count). The van der Waals surface area contributed by atoms with Crippen molar-refractivity contribution in [3.05, 3.63) is 0 Å². The average molecular weight is 165 g/mol. The van der Waals surface area contributed by atoms with Crippen molar-refractivity contribution in [2.45, 2.75) is 0 Å². The van der Waals surface area contributed by atoms with Gasteiger partial charge in [-0.15, -0.1) is 0 Å². The monoisotopic (exact) mass is 165 g/mol. The second-order valence-corrected chi connectivity index (χ2v) is 1.84. The van der Waals surface area contributed by atoms with Crippen molar-refractivity contribution in [3.63, 3.8) is 0 Å². The summed E-state index contributed by atoms with van der Waals surface area (Å²) < 4.78 is 0. The molecular formula is C5H15N3O3. The normalized spacial score (nSPS) is 15.3. The zero-order valence-electron chi connectivity index (χ0n) is 6.26. The lowest BCUT2D eigenvalue weighted by Crippen LogP contribution is -2.39. The van der Waals surface area contributed by atoms with Gasteiger partial charge in [0, 0.05) is 26.2 Å². The van der Waals surface area contributed by atoms with E-state index in [-0.39, 0.29) is 5.48 Å². The first-order valence-corrected chi connectivity index (χ1v) is 3.13. The van der Waals surface area contributed by atoms with E-state index in [1.54, 1.807) is 0 Å². The number of carboxylic acid groups (broad SMARTS) is 1. The Morgan fingerprint density at radius 3 is 1.45 bits per heavy atom. The topological polar surface area (TPSA) is 119 Å². The van der Waals surface area contributed by atoms with E-state index in [0.29, 0.717) is 0 Å². The van der Waals surface area contributed by atoms with Gasteiger partial charge < -0.3 is 26.9 Å². The summed E-state index contributed by atoms with van der Waals surface area (Å²) in [5.41, 5.74) is 4.03. The molecule has 1 fully saturated rings. The van der Waals surface area contributed by atoms with Gasteiger partial charge >= 0.3 is 6.09 Å². The molecule has 0 aromatic carbocycles. The molecule has 0 saturated carbocycles. The second kappa shape index (κ2) is 9.15. The summed E-state index contributed by atoms with van der Waals surface area (Å²) in [5, 5.41) is 13.6. The number of hydrogen-bond acceptors (Lipinski definition) is 3. The van der Waals surface area contributed by atoms with E-state index in [2.05, 4.69) is 16.4 Å². The van der Waals surface area contributed by atoms with Gasteiger partial charge in [-0.1, -0.05) is 0 Å². The summed E-state index contributed by atoms with van der Waals surface area (Å²) in [6.07, 6.45) is -1.33.